The number of hydrogen-bond acceptors (Lipinski definition) is 2. The van der Waals surface area contributed by atoms with E-state index >= 15 is 0 Å². The molecule has 0 spiro atoms. The zero-order valence-electron chi connectivity index (χ0n) is 9.21. The van der Waals surface area contributed by atoms with Crippen LogP contribution in [0.5, 0.6) is 0 Å². The van der Waals surface area contributed by atoms with Crippen LogP contribution in [-0.4, -0.2) is 4.98 Å². The molecule has 0 saturated carbocycles. The second-order valence-electron chi connectivity index (χ2n) is 3.04. The van der Waals surface area contributed by atoms with Crippen molar-refractivity contribution in [3.63, 3.8) is 0 Å². The maximum absolute atomic E-state index is 13.2. The van der Waals surface area contributed by atoms with E-state index in [1.54, 1.807) is 12.1 Å². The predicted molar refractivity (Wildman–Crippen MR) is 62.2 cm³/mol. The van der Waals surface area contributed by atoms with Gasteiger partial charge in [-0.25, -0.2) is 9.37 Å². The minimum Gasteiger partial charge on any atom is -0.383 e. The summed E-state index contributed by atoms with van der Waals surface area (Å²) in [5.41, 5.74) is 6.61. The summed E-state index contributed by atoms with van der Waals surface area (Å²) in [5, 5.41) is 1.21. The van der Waals surface area contributed by atoms with E-state index in [9.17, 15) is 4.39 Å². The molecule has 2 rings (SSSR count). The first-order valence-corrected chi connectivity index (χ1v) is 4.99. The number of rotatable bonds is 0. The van der Waals surface area contributed by atoms with Crippen molar-refractivity contribution in [2.24, 2.45) is 0 Å². The van der Waals surface area contributed by atoms with Gasteiger partial charge in [-0.2, -0.15) is 0 Å². The van der Waals surface area contributed by atoms with E-state index in [-0.39, 0.29) is 5.82 Å². The highest BCUT2D eigenvalue weighted by molar-refractivity contribution is 5.91. The Morgan fingerprint density at radius 3 is 2.53 bits per heavy atom. The summed E-state index contributed by atoms with van der Waals surface area (Å²) in [5.74, 6) is 0.0456. The Bertz CT molecular complexity index is 466. The van der Waals surface area contributed by atoms with Crippen molar-refractivity contribution >= 4 is 16.6 Å². The van der Waals surface area contributed by atoms with E-state index in [4.69, 9.17) is 5.73 Å². The van der Waals surface area contributed by atoms with Crippen molar-refractivity contribution in [3.05, 3.63) is 35.8 Å². The third kappa shape index (κ3) is 2.24. The summed E-state index contributed by atoms with van der Waals surface area (Å²) in [4.78, 5) is 3.74. The van der Waals surface area contributed by atoms with E-state index in [1.807, 2.05) is 26.8 Å². The molecule has 0 aliphatic heterocycles. The van der Waals surface area contributed by atoms with Gasteiger partial charge in [0.1, 0.15) is 11.6 Å². The van der Waals surface area contributed by atoms with Crippen LogP contribution in [0.1, 0.15) is 19.4 Å². The second kappa shape index (κ2) is 4.73. The Labute approximate surface area is 88.9 Å². The SMILES string of the molecule is CC.Cc1ccc2c(N)ncc(F)c2c1. The number of pyridine rings is 1. The Kier molecular flexibility index (Phi) is 3.61. The lowest BCUT2D eigenvalue weighted by Crippen LogP contribution is -1.93. The highest BCUT2D eigenvalue weighted by Gasteiger charge is 2.04. The lowest BCUT2D eigenvalue weighted by molar-refractivity contribution is 0.634. The summed E-state index contributed by atoms with van der Waals surface area (Å²) in [6, 6.07) is 5.44. The fourth-order valence-corrected chi connectivity index (χ4v) is 1.34. The van der Waals surface area contributed by atoms with Crippen molar-refractivity contribution in [2.75, 3.05) is 5.73 Å². The van der Waals surface area contributed by atoms with Crippen molar-refractivity contribution < 1.29 is 4.39 Å². The molecule has 1 heterocycles. The molecule has 0 fully saturated rings. The molecule has 0 bridgehead atoms. The molecule has 3 heteroatoms. The van der Waals surface area contributed by atoms with E-state index in [1.165, 1.54) is 0 Å². The summed E-state index contributed by atoms with van der Waals surface area (Å²) in [6.45, 7) is 5.91. The molecule has 0 amide bonds. The van der Waals surface area contributed by atoms with Gasteiger partial charge in [0.05, 0.1) is 6.20 Å². The van der Waals surface area contributed by atoms with Gasteiger partial charge >= 0.3 is 0 Å². The van der Waals surface area contributed by atoms with Gasteiger partial charge in [0.2, 0.25) is 0 Å². The largest absolute Gasteiger partial charge is 0.383 e. The van der Waals surface area contributed by atoms with Gasteiger partial charge in [0, 0.05) is 10.8 Å². The van der Waals surface area contributed by atoms with Crippen LogP contribution in [-0.2, 0) is 0 Å². The number of hydrogen-bond donors (Lipinski definition) is 1. The number of anilines is 1. The number of nitrogens with two attached hydrogens (primary N) is 1. The number of aromatic nitrogens is 1. The summed E-state index contributed by atoms with van der Waals surface area (Å²) < 4.78 is 13.2. The van der Waals surface area contributed by atoms with Crippen LogP contribution in [0.15, 0.2) is 24.4 Å². The Hall–Kier alpha value is -1.64. The molecule has 0 aliphatic carbocycles. The maximum atomic E-state index is 13.2. The topological polar surface area (TPSA) is 38.9 Å². The number of benzene rings is 1. The molecule has 2 aromatic rings. The Balaban J connectivity index is 0.000000531. The van der Waals surface area contributed by atoms with Gasteiger partial charge in [-0.1, -0.05) is 31.5 Å². The molecule has 0 aliphatic rings. The lowest BCUT2D eigenvalue weighted by Gasteiger charge is -2.02. The van der Waals surface area contributed by atoms with Crippen LogP contribution in [0, 0.1) is 12.7 Å². The van der Waals surface area contributed by atoms with Gasteiger partial charge < -0.3 is 5.73 Å². The van der Waals surface area contributed by atoms with Gasteiger partial charge in [-0.15, -0.1) is 0 Å². The third-order valence-electron chi connectivity index (χ3n) is 2.03. The minimum absolute atomic E-state index is 0.326. The number of aryl methyl sites for hydroxylation is 1. The zero-order chi connectivity index (χ0) is 11.4. The van der Waals surface area contributed by atoms with E-state index < -0.39 is 0 Å². The number of fused-ring (bicyclic) bond motifs is 1. The van der Waals surface area contributed by atoms with Crippen molar-refractivity contribution in [2.45, 2.75) is 20.8 Å². The first kappa shape index (κ1) is 11.4. The van der Waals surface area contributed by atoms with Crippen LogP contribution in [0.4, 0.5) is 10.2 Å². The first-order valence-electron chi connectivity index (χ1n) is 4.99. The molecule has 0 atom stereocenters. The molecule has 0 saturated heterocycles. The summed E-state index contributed by atoms with van der Waals surface area (Å²) in [7, 11) is 0. The average Bonchev–Trinajstić information content (AvgIpc) is 2.27. The lowest BCUT2D eigenvalue weighted by atomic mass is 10.1. The van der Waals surface area contributed by atoms with E-state index in [2.05, 4.69) is 4.98 Å². The highest BCUT2D eigenvalue weighted by Crippen LogP contribution is 2.22. The van der Waals surface area contributed by atoms with Gasteiger partial charge in [0.15, 0.2) is 0 Å². The molecule has 1 aromatic heterocycles. The second-order valence-corrected chi connectivity index (χ2v) is 3.04. The van der Waals surface area contributed by atoms with Crippen LogP contribution in [0.25, 0.3) is 10.8 Å². The standard InChI is InChI=1S/C10H9FN2.C2H6/c1-6-2-3-7-8(4-6)9(11)5-13-10(7)12;1-2/h2-5H,1H3,(H2,12,13);1-2H3. The minimum atomic E-state index is -0.326. The molecule has 2 nitrogen and oxygen atoms in total. The van der Waals surface area contributed by atoms with Crippen molar-refractivity contribution in [3.8, 4) is 0 Å². The quantitative estimate of drug-likeness (QED) is 0.718. The number of nitrogens with zero attached hydrogens (tertiary/aromatic N) is 1. The van der Waals surface area contributed by atoms with E-state index in [0.29, 0.717) is 16.6 Å². The maximum Gasteiger partial charge on any atom is 0.149 e. The third-order valence-corrected chi connectivity index (χ3v) is 2.03. The molecule has 0 radical (unpaired) electrons. The van der Waals surface area contributed by atoms with Gasteiger partial charge in [-0.05, 0) is 13.0 Å². The number of halogens is 1. The summed E-state index contributed by atoms with van der Waals surface area (Å²) in [6.07, 6.45) is 1.15. The van der Waals surface area contributed by atoms with Crippen molar-refractivity contribution in [1.29, 1.82) is 0 Å². The molecule has 0 unspecified atom stereocenters. The van der Waals surface area contributed by atoms with Crippen LogP contribution in [0.2, 0.25) is 0 Å². The monoisotopic (exact) mass is 206 g/mol. The molecular formula is C12H15FN2. The zero-order valence-corrected chi connectivity index (χ0v) is 9.21. The summed E-state index contributed by atoms with van der Waals surface area (Å²) >= 11 is 0. The predicted octanol–water partition coefficient (Wildman–Crippen LogP) is 3.29. The smallest absolute Gasteiger partial charge is 0.149 e. The first-order chi connectivity index (χ1) is 7.18. The van der Waals surface area contributed by atoms with Gasteiger partial charge in [-0.3, -0.25) is 0 Å². The Morgan fingerprint density at radius 1 is 1.20 bits per heavy atom. The normalized spacial score (nSPS) is 9.60. The average molecular weight is 206 g/mol. The van der Waals surface area contributed by atoms with Gasteiger partial charge in [0.25, 0.3) is 0 Å². The Morgan fingerprint density at radius 2 is 1.87 bits per heavy atom. The fourth-order valence-electron chi connectivity index (χ4n) is 1.34. The van der Waals surface area contributed by atoms with Crippen LogP contribution >= 0.6 is 0 Å². The highest BCUT2D eigenvalue weighted by atomic mass is 19.1. The number of nitrogen functional groups attached to an aromatic ring is 1. The van der Waals surface area contributed by atoms with Crippen LogP contribution < -0.4 is 5.73 Å². The molecule has 1 aromatic carbocycles. The molecule has 80 valence electrons. The van der Waals surface area contributed by atoms with E-state index in [0.717, 1.165) is 11.8 Å². The molecule has 2 N–H and O–H groups in total. The van der Waals surface area contributed by atoms with Crippen LogP contribution in [0.3, 0.4) is 0 Å². The molecule has 15 heavy (non-hydrogen) atoms. The fraction of sp³-hybridized carbons (Fsp3) is 0.250. The molecular weight excluding hydrogens is 191 g/mol. The van der Waals surface area contributed by atoms with Crippen molar-refractivity contribution in [1.82, 2.24) is 4.98 Å².